The van der Waals surface area contributed by atoms with E-state index in [2.05, 4.69) is 31.8 Å². The third-order valence-electron chi connectivity index (χ3n) is 11.1. The Kier molecular flexibility index (Phi) is 8.73. The number of piperidine rings is 2. The summed E-state index contributed by atoms with van der Waals surface area (Å²) in [5.41, 5.74) is 3.54. The van der Waals surface area contributed by atoms with Crippen molar-refractivity contribution in [1.82, 2.24) is 20.9 Å². The van der Waals surface area contributed by atoms with E-state index in [1.165, 1.54) is 0 Å². The van der Waals surface area contributed by atoms with E-state index in [4.69, 9.17) is 4.74 Å². The lowest BCUT2D eigenvalue weighted by molar-refractivity contribution is -0.140. The van der Waals surface area contributed by atoms with E-state index in [1.54, 1.807) is 0 Å². The monoisotopic (exact) mass is 665 g/mol. The summed E-state index contributed by atoms with van der Waals surface area (Å²) in [6, 6.07) is 17.8. The molecule has 258 valence electrons. The summed E-state index contributed by atoms with van der Waals surface area (Å²) >= 11 is 0. The van der Waals surface area contributed by atoms with Crippen molar-refractivity contribution in [1.29, 1.82) is 0 Å². The topological polar surface area (TPSA) is 120 Å². The minimum Gasteiger partial charge on any atom is -0.456 e. The van der Waals surface area contributed by atoms with E-state index in [1.807, 2.05) is 82.3 Å². The Morgan fingerprint density at radius 2 is 1.76 bits per heavy atom. The van der Waals surface area contributed by atoms with Gasteiger partial charge in [-0.3, -0.25) is 19.8 Å². The Labute approximate surface area is 288 Å². The van der Waals surface area contributed by atoms with Crippen LogP contribution in [0.25, 0.3) is 5.57 Å². The van der Waals surface area contributed by atoms with Crippen molar-refractivity contribution in [2.75, 3.05) is 44.2 Å². The summed E-state index contributed by atoms with van der Waals surface area (Å²) in [6.45, 7) is 13.0. The number of amides is 2. The number of hydrogen-bond donors (Lipinski definition) is 3. The Balaban J connectivity index is 1.08. The molecule has 1 saturated carbocycles. The van der Waals surface area contributed by atoms with Gasteiger partial charge in [-0.1, -0.05) is 30.3 Å². The van der Waals surface area contributed by atoms with Crippen LogP contribution in [0.15, 0.2) is 71.9 Å². The summed E-state index contributed by atoms with van der Waals surface area (Å²) < 4.78 is 5.52. The zero-order valence-corrected chi connectivity index (χ0v) is 28.8. The summed E-state index contributed by atoms with van der Waals surface area (Å²) in [4.78, 5) is 56.0. The Bertz CT molecular complexity index is 1680. The molecule has 4 aliphatic heterocycles. The summed E-state index contributed by atoms with van der Waals surface area (Å²) in [5, 5.41) is 9.68. The van der Waals surface area contributed by atoms with Crippen molar-refractivity contribution in [3.05, 3.63) is 83.1 Å². The lowest BCUT2D eigenvalue weighted by Crippen LogP contribution is -2.64. The van der Waals surface area contributed by atoms with Gasteiger partial charge in [0.1, 0.15) is 17.4 Å². The number of nitrogens with zero attached hydrogens (tertiary/aromatic N) is 2. The summed E-state index contributed by atoms with van der Waals surface area (Å²) in [7, 11) is 0. The Hall–Kier alpha value is -4.28. The van der Waals surface area contributed by atoms with Crippen molar-refractivity contribution < 1.29 is 23.9 Å². The average Bonchev–Trinajstić information content (AvgIpc) is 3.50. The number of benzene rings is 2. The van der Waals surface area contributed by atoms with Crippen molar-refractivity contribution in [3.8, 4) is 0 Å². The number of anilines is 1. The smallest absolute Gasteiger partial charge is 0.338 e. The van der Waals surface area contributed by atoms with Crippen molar-refractivity contribution in [2.45, 2.75) is 57.7 Å². The lowest BCUT2D eigenvalue weighted by Gasteiger charge is -2.47. The molecule has 3 saturated heterocycles. The van der Waals surface area contributed by atoms with Gasteiger partial charge in [-0.2, -0.15) is 0 Å². The molecule has 4 fully saturated rings. The van der Waals surface area contributed by atoms with Crippen LogP contribution in [0, 0.1) is 23.7 Å². The minimum absolute atomic E-state index is 0.00833. The van der Waals surface area contributed by atoms with Gasteiger partial charge in [0.15, 0.2) is 0 Å². The highest BCUT2D eigenvalue weighted by atomic mass is 16.6. The first-order valence-electron chi connectivity index (χ1n) is 17.6. The Morgan fingerprint density at radius 3 is 2.41 bits per heavy atom. The fourth-order valence-electron chi connectivity index (χ4n) is 8.45. The number of nitrogens with one attached hydrogen (secondary N) is 3. The number of ether oxygens (including phenoxy) is 1. The molecule has 5 atom stereocenters. The molecular formula is C39H47N5O5. The second-order valence-corrected chi connectivity index (χ2v) is 15.3. The number of carbonyl (C=O) groups is 4. The molecule has 2 aromatic carbocycles. The van der Waals surface area contributed by atoms with Crippen LogP contribution >= 0.6 is 0 Å². The number of fused-ring (bicyclic) bond motifs is 1. The van der Waals surface area contributed by atoms with Crippen LogP contribution in [0.2, 0.25) is 0 Å². The summed E-state index contributed by atoms with van der Waals surface area (Å²) in [5.74, 6) is 0.0783. The normalized spacial score (nSPS) is 30.2. The third-order valence-corrected chi connectivity index (χ3v) is 11.1. The molecule has 49 heavy (non-hydrogen) atoms. The lowest BCUT2D eigenvalue weighted by atomic mass is 9.70. The van der Waals surface area contributed by atoms with Crippen LogP contribution < -0.4 is 20.9 Å². The number of dihydropyridines is 1. The van der Waals surface area contributed by atoms with Gasteiger partial charge >= 0.3 is 5.97 Å². The van der Waals surface area contributed by atoms with E-state index in [0.717, 1.165) is 73.6 Å². The first-order valence-corrected chi connectivity index (χ1v) is 17.6. The van der Waals surface area contributed by atoms with E-state index < -0.39 is 23.0 Å². The molecule has 10 nitrogen and oxygen atoms in total. The molecule has 3 N–H and O–H groups in total. The van der Waals surface area contributed by atoms with Gasteiger partial charge in [0, 0.05) is 57.1 Å². The van der Waals surface area contributed by atoms with Crippen LogP contribution in [0.3, 0.4) is 0 Å². The zero-order chi connectivity index (χ0) is 34.5. The molecule has 2 aromatic rings. The van der Waals surface area contributed by atoms with Gasteiger partial charge in [0.25, 0.3) is 0 Å². The maximum absolute atomic E-state index is 13.3. The number of esters is 1. The predicted octanol–water partition coefficient (Wildman–Crippen LogP) is 3.55. The third kappa shape index (κ3) is 6.44. The van der Waals surface area contributed by atoms with E-state index >= 15 is 0 Å². The number of aldehydes is 1. The van der Waals surface area contributed by atoms with Crippen LogP contribution in [-0.4, -0.2) is 85.4 Å². The molecule has 2 amide bonds. The minimum atomic E-state index is -1.27. The molecule has 0 radical (unpaired) electrons. The van der Waals surface area contributed by atoms with Gasteiger partial charge in [0.2, 0.25) is 11.8 Å². The molecule has 1 aliphatic carbocycles. The number of piperazine rings is 1. The molecule has 0 aromatic heterocycles. The first kappa shape index (κ1) is 33.2. The van der Waals surface area contributed by atoms with Crippen LogP contribution in [0.5, 0.6) is 0 Å². The van der Waals surface area contributed by atoms with Crippen LogP contribution in [0.4, 0.5) is 5.69 Å². The van der Waals surface area contributed by atoms with Gasteiger partial charge in [-0.15, -0.1) is 0 Å². The molecule has 0 spiro atoms. The standard InChI is InChI=1S/C39H47N5O5/c1-24-28(25-8-6-5-7-9-25)18-33(42-39(24,23-45)32-14-15-35(46)41-36(32)47)34-19-40-16-17-43(34)20-29-30-21-44(22-31(29)30)27-12-10-26(11-13-27)37(48)49-38(2,3)4/h5-13,18,23,29-32,34,40,42H,14-17,19-22H2,1-4H3,(H,41,46,47). The van der Waals surface area contributed by atoms with E-state index in [-0.39, 0.29) is 24.3 Å². The van der Waals surface area contributed by atoms with Crippen molar-refractivity contribution >= 4 is 35.3 Å². The molecule has 4 heterocycles. The fourth-order valence-corrected chi connectivity index (χ4v) is 8.45. The summed E-state index contributed by atoms with van der Waals surface area (Å²) in [6.07, 6.45) is 3.56. The SMILES string of the molecule is CC1=C(c2ccccc2)C=C(C2CNCCN2CC2C3CN(c4ccc(C(=O)OC(C)(C)C)cc4)CC32)NC1(C=O)C1CCC(=O)NC1=O. The number of carbonyl (C=O) groups excluding carboxylic acids is 4. The molecular weight excluding hydrogens is 618 g/mol. The fraction of sp³-hybridized carbons (Fsp3) is 0.487. The van der Waals surface area contributed by atoms with Gasteiger partial charge in [0.05, 0.1) is 17.5 Å². The van der Waals surface area contributed by atoms with Gasteiger partial charge in [-0.25, -0.2) is 4.79 Å². The molecule has 0 bridgehead atoms. The highest BCUT2D eigenvalue weighted by Crippen LogP contribution is 2.53. The molecule has 10 heteroatoms. The van der Waals surface area contributed by atoms with Gasteiger partial charge < -0.3 is 25.1 Å². The molecule has 5 aliphatic rings. The van der Waals surface area contributed by atoms with E-state index in [0.29, 0.717) is 29.7 Å². The molecule has 5 unspecified atom stereocenters. The number of rotatable bonds is 8. The maximum Gasteiger partial charge on any atom is 0.338 e. The largest absolute Gasteiger partial charge is 0.456 e. The predicted molar refractivity (Wildman–Crippen MR) is 187 cm³/mol. The second kappa shape index (κ2) is 12.9. The number of allylic oxidation sites excluding steroid dienone is 2. The first-order chi connectivity index (χ1) is 23.5. The highest BCUT2D eigenvalue weighted by molar-refractivity contribution is 6.02. The highest BCUT2D eigenvalue weighted by Gasteiger charge is 2.57. The number of imide groups is 1. The van der Waals surface area contributed by atoms with Crippen molar-refractivity contribution in [3.63, 3.8) is 0 Å². The molecule has 7 rings (SSSR count). The van der Waals surface area contributed by atoms with Crippen molar-refractivity contribution in [2.24, 2.45) is 23.7 Å². The second-order valence-electron chi connectivity index (χ2n) is 15.3. The number of hydrogen-bond acceptors (Lipinski definition) is 9. The zero-order valence-electron chi connectivity index (χ0n) is 28.8. The Morgan fingerprint density at radius 1 is 1.04 bits per heavy atom. The van der Waals surface area contributed by atoms with Gasteiger partial charge in [-0.05, 0) is 98.9 Å². The van der Waals surface area contributed by atoms with Crippen LogP contribution in [0.1, 0.15) is 56.5 Å². The quantitative estimate of drug-likeness (QED) is 0.221. The van der Waals surface area contributed by atoms with E-state index in [9.17, 15) is 19.2 Å². The average molecular weight is 666 g/mol. The van der Waals surface area contributed by atoms with Crippen LogP contribution in [-0.2, 0) is 19.1 Å². The maximum atomic E-state index is 13.3.